The Labute approximate surface area is 187 Å². The number of aromatic nitrogens is 2. The molecule has 2 aromatic carbocycles. The van der Waals surface area contributed by atoms with Gasteiger partial charge in [-0.2, -0.15) is 10.2 Å². The molecule has 0 atom stereocenters. The minimum atomic E-state index is -0.484. The van der Waals surface area contributed by atoms with Crippen LogP contribution in [-0.4, -0.2) is 40.7 Å². The van der Waals surface area contributed by atoms with Gasteiger partial charge in [0, 0.05) is 30.5 Å². The third-order valence-corrected chi connectivity index (χ3v) is 6.79. The number of benzene rings is 2. The smallest absolute Gasteiger partial charge is 0.256 e. The van der Waals surface area contributed by atoms with Crippen LogP contribution in [0.4, 0.5) is 4.39 Å². The number of carbonyl (C=O) groups is 1. The quantitative estimate of drug-likeness (QED) is 0.617. The number of hydrogen-bond donors (Lipinski definition) is 0. The van der Waals surface area contributed by atoms with Gasteiger partial charge in [-0.15, -0.1) is 0 Å². The average Bonchev–Trinajstić information content (AvgIpc) is 3.18. The van der Waals surface area contributed by atoms with E-state index in [-0.39, 0.29) is 16.9 Å². The van der Waals surface area contributed by atoms with E-state index in [1.54, 1.807) is 23.2 Å². The molecule has 0 N–H and O–H groups in total. The first-order valence-electron chi connectivity index (χ1n) is 11.2. The van der Waals surface area contributed by atoms with E-state index in [2.05, 4.69) is 23.2 Å². The maximum absolute atomic E-state index is 14.6. The predicted octanol–water partition coefficient (Wildman–Crippen LogP) is 4.34. The second-order valence-corrected chi connectivity index (χ2v) is 8.76. The number of hydrogen-bond acceptors (Lipinski definition) is 4. The number of rotatable bonds is 4. The molecule has 0 aliphatic carbocycles. The first-order valence-corrected chi connectivity index (χ1v) is 11.2. The van der Waals surface area contributed by atoms with Gasteiger partial charge in [0.2, 0.25) is 0 Å². The molecule has 3 aromatic rings. The van der Waals surface area contributed by atoms with Crippen LogP contribution in [0.15, 0.2) is 54.7 Å². The van der Waals surface area contributed by atoms with Gasteiger partial charge < -0.3 is 9.64 Å². The highest BCUT2D eigenvalue weighted by atomic mass is 19.1. The molecule has 5 nitrogen and oxygen atoms in total. The molecule has 1 saturated heterocycles. The SMILES string of the molecule is CCc1cnnc(Cc2ccc(F)c(C(=O)N3CCC4(CC3)COc3ccccc34)c2)c1. The second-order valence-electron chi connectivity index (χ2n) is 8.76. The van der Waals surface area contributed by atoms with Gasteiger partial charge in [0.15, 0.2) is 0 Å². The molecule has 3 heterocycles. The van der Waals surface area contributed by atoms with E-state index in [9.17, 15) is 9.18 Å². The van der Waals surface area contributed by atoms with Crippen molar-refractivity contribution in [3.8, 4) is 5.75 Å². The van der Waals surface area contributed by atoms with Crippen LogP contribution in [0.25, 0.3) is 0 Å². The first kappa shape index (κ1) is 20.6. The summed E-state index contributed by atoms with van der Waals surface area (Å²) in [6, 6.07) is 14.9. The highest BCUT2D eigenvalue weighted by Crippen LogP contribution is 2.45. The average molecular weight is 432 g/mol. The molecule has 0 saturated carbocycles. The topological polar surface area (TPSA) is 55.3 Å². The predicted molar refractivity (Wildman–Crippen MR) is 119 cm³/mol. The lowest BCUT2D eigenvalue weighted by molar-refractivity contribution is 0.0642. The number of piperidine rings is 1. The number of para-hydroxylation sites is 1. The second kappa shape index (κ2) is 8.34. The number of amides is 1. The van der Waals surface area contributed by atoms with Crippen molar-refractivity contribution in [2.75, 3.05) is 19.7 Å². The summed E-state index contributed by atoms with van der Waals surface area (Å²) in [6.07, 6.45) is 4.77. The lowest BCUT2D eigenvalue weighted by Crippen LogP contribution is -2.46. The van der Waals surface area contributed by atoms with Gasteiger partial charge in [0.1, 0.15) is 11.6 Å². The molecule has 1 spiro atoms. The van der Waals surface area contributed by atoms with Crippen LogP contribution in [-0.2, 0) is 18.3 Å². The number of likely N-dealkylation sites (tertiary alicyclic amines) is 1. The summed E-state index contributed by atoms with van der Waals surface area (Å²) in [5, 5.41) is 8.22. The van der Waals surface area contributed by atoms with Crippen molar-refractivity contribution in [2.45, 2.75) is 38.0 Å². The van der Waals surface area contributed by atoms with Crippen LogP contribution in [0.1, 0.15) is 52.5 Å². The van der Waals surface area contributed by atoms with Crippen molar-refractivity contribution in [1.82, 2.24) is 15.1 Å². The molecular formula is C26H26FN3O2. The number of ether oxygens (including phenoxy) is 1. The van der Waals surface area contributed by atoms with E-state index >= 15 is 0 Å². The number of halogens is 1. The molecule has 0 unspecified atom stereocenters. The number of fused-ring (bicyclic) bond motifs is 2. The Bertz CT molecular complexity index is 1160. The molecule has 6 heteroatoms. The van der Waals surface area contributed by atoms with Gasteiger partial charge >= 0.3 is 0 Å². The highest BCUT2D eigenvalue weighted by Gasteiger charge is 2.43. The lowest BCUT2D eigenvalue weighted by atomic mass is 9.74. The Morgan fingerprint density at radius 3 is 2.75 bits per heavy atom. The lowest BCUT2D eigenvalue weighted by Gasteiger charge is -2.38. The van der Waals surface area contributed by atoms with Crippen molar-refractivity contribution >= 4 is 5.91 Å². The maximum Gasteiger partial charge on any atom is 0.256 e. The normalized spacial score (nSPS) is 16.6. The summed E-state index contributed by atoms with van der Waals surface area (Å²) in [5.41, 5.74) is 4.08. The van der Waals surface area contributed by atoms with Crippen molar-refractivity contribution in [2.24, 2.45) is 0 Å². The summed E-state index contributed by atoms with van der Waals surface area (Å²) in [4.78, 5) is 15.0. The molecule has 5 rings (SSSR count). The van der Waals surface area contributed by atoms with Crippen LogP contribution in [0.2, 0.25) is 0 Å². The van der Waals surface area contributed by atoms with Crippen LogP contribution in [0, 0.1) is 5.82 Å². The number of aryl methyl sites for hydroxylation is 1. The molecule has 1 aromatic heterocycles. The maximum atomic E-state index is 14.6. The Balaban J connectivity index is 1.31. The zero-order chi connectivity index (χ0) is 22.1. The van der Waals surface area contributed by atoms with Crippen LogP contribution in [0.5, 0.6) is 5.75 Å². The summed E-state index contributed by atoms with van der Waals surface area (Å²) in [5.74, 6) is 0.211. The molecule has 164 valence electrons. The standard InChI is InChI=1S/C26H26FN3O2/c1-2-18-13-20(29-28-16-18)14-19-7-8-23(27)21(15-19)25(31)30-11-9-26(10-12-30)17-32-24-6-4-3-5-22(24)26/h3-8,13,15-16H,2,9-12,14,17H2,1H3. The molecule has 2 aliphatic rings. The largest absolute Gasteiger partial charge is 0.492 e. The monoisotopic (exact) mass is 431 g/mol. The first-order chi connectivity index (χ1) is 15.6. The molecule has 1 amide bonds. The summed E-state index contributed by atoms with van der Waals surface area (Å²) in [6.45, 7) is 3.89. The van der Waals surface area contributed by atoms with Crippen molar-refractivity contribution in [1.29, 1.82) is 0 Å². The minimum Gasteiger partial charge on any atom is -0.492 e. The van der Waals surface area contributed by atoms with E-state index in [0.29, 0.717) is 26.1 Å². The van der Waals surface area contributed by atoms with E-state index in [4.69, 9.17) is 4.74 Å². The van der Waals surface area contributed by atoms with Gasteiger partial charge in [-0.25, -0.2) is 4.39 Å². The summed E-state index contributed by atoms with van der Waals surface area (Å²) in [7, 11) is 0. The summed E-state index contributed by atoms with van der Waals surface area (Å²) < 4.78 is 20.5. The van der Waals surface area contributed by atoms with E-state index < -0.39 is 5.82 Å². The summed E-state index contributed by atoms with van der Waals surface area (Å²) >= 11 is 0. The molecule has 32 heavy (non-hydrogen) atoms. The van der Waals surface area contributed by atoms with Crippen molar-refractivity contribution in [3.63, 3.8) is 0 Å². The van der Waals surface area contributed by atoms with Crippen molar-refractivity contribution < 1.29 is 13.9 Å². The van der Waals surface area contributed by atoms with Gasteiger partial charge in [-0.3, -0.25) is 4.79 Å². The van der Waals surface area contributed by atoms with Crippen molar-refractivity contribution in [3.05, 3.63) is 88.5 Å². The van der Waals surface area contributed by atoms with Crippen LogP contribution >= 0.6 is 0 Å². The van der Waals surface area contributed by atoms with Gasteiger partial charge in [-0.05, 0) is 54.7 Å². The minimum absolute atomic E-state index is 0.0449. The zero-order valence-electron chi connectivity index (χ0n) is 18.2. The molecule has 0 bridgehead atoms. The molecular weight excluding hydrogens is 405 g/mol. The fourth-order valence-electron chi connectivity index (χ4n) is 4.84. The Morgan fingerprint density at radius 2 is 1.94 bits per heavy atom. The Hall–Kier alpha value is -3.28. The molecule has 0 radical (unpaired) electrons. The van der Waals surface area contributed by atoms with Gasteiger partial charge in [-0.1, -0.05) is 31.2 Å². The van der Waals surface area contributed by atoms with Crippen LogP contribution < -0.4 is 4.74 Å². The Kier molecular flexibility index (Phi) is 5.37. The molecule has 1 fully saturated rings. The van der Waals surface area contributed by atoms with Crippen LogP contribution in [0.3, 0.4) is 0 Å². The third-order valence-electron chi connectivity index (χ3n) is 6.79. The van der Waals surface area contributed by atoms with E-state index in [0.717, 1.165) is 41.8 Å². The number of carbonyl (C=O) groups excluding carboxylic acids is 1. The number of nitrogens with zero attached hydrogens (tertiary/aromatic N) is 3. The fourth-order valence-corrected chi connectivity index (χ4v) is 4.84. The van der Waals surface area contributed by atoms with Gasteiger partial charge in [0.25, 0.3) is 5.91 Å². The zero-order valence-corrected chi connectivity index (χ0v) is 18.2. The molecule has 2 aliphatic heterocycles. The van der Waals surface area contributed by atoms with E-state index in [1.807, 2.05) is 24.3 Å². The van der Waals surface area contributed by atoms with Gasteiger partial charge in [0.05, 0.1) is 24.1 Å². The highest BCUT2D eigenvalue weighted by molar-refractivity contribution is 5.94. The fraction of sp³-hybridized carbons (Fsp3) is 0.346. The van der Waals surface area contributed by atoms with E-state index in [1.165, 1.54) is 11.6 Å². The Morgan fingerprint density at radius 1 is 1.12 bits per heavy atom. The third kappa shape index (κ3) is 3.74.